The van der Waals surface area contributed by atoms with E-state index in [1.54, 1.807) is 11.0 Å². The molecule has 0 unspecified atom stereocenters. The molecular weight excluding hydrogens is 360 g/mol. The minimum Gasteiger partial charge on any atom is -0.493 e. The number of benzene rings is 1. The molecule has 0 atom stereocenters. The van der Waals surface area contributed by atoms with Crippen LogP contribution in [0.25, 0.3) is 10.9 Å². The van der Waals surface area contributed by atoms with Crippen LogP contribution in [0.5, 0.6) is 5.75 Å². The summed E-state index contributed by atoms with van der Waals surface area (Å²) >= 11 is 0. The maximum absolute atomic E-state index is 12.0. The Morgan fingerprint density at radius 3 is 2.86 bits per heavy atom. The lowest BCUT2D eigenvalue weighted by molar-refractivity contribution is 0.0842. The summed E-state index contributed by atoms with van der Waals surface area (Å²) in [6, 6.07) is 5.42. The third-order valence-electron chi connectivity index (χ3n) is 5.13. The predicted molar refractivity (Wildman–Crippen MR) is 107 cm³/mol. The minimum atomic E-state index is -0.470. The van der Waals surface area contributed by atoms with Crippen molar-refractivity contribution in [3.8, 4) is 5.75 Å². The maximum atomic E-state index is 12.0. The van der Waals surface area contributed by atoms with E-state index in [-0.39, 0.29) is 11.9 Å². The van der Waals surface area contributed by atoms with Crippen molar-refractivity contribution in [3.63, 3.8) is 0 Å². The summed E-state index contributed by atoms with van der Waals surface area (Å²) in [7, 11) is 0. The van der Waals surface area contributed by atoms with Crippen LogP contribution in [-0.2, 0) is 4.74 Å². The van der Waals surface area contributed by atoms with Crippen molar-refractivity contribution in [2.45, 2.75) is 39.0 Å². The molecule has 2 aromatic rings. The molecule has 0 saturated carbocycles. The lowest BCUT2D eigenvalue weighted by Crippen LogP contribution is -2.39. The van der Waals surface area contributed by atoms with Gasteiger partial charge in [0.2, 0.25) is 0 Å². The number of nitrogens with zero attached hydrogens (tertiary/aromatic N) is 2. The molecule has 3 rings (SSSR count). The molecule has 0 radical (unpaired) electrons. The second kappa shape index (κ2) is 9.43. The number of fused-ring (bicyclic) bond motifs is 1. The van der Waals surface area contributed by atoms with Gasteiger partial charge in [-0.25, -0.2) is 9.59 Å². The topological polar surface area (TPSA) is 111 Å². The number of piperidine rings is 1. The van der Waals surface area contributed by atoms with Crippen molar-refractivity contribution in [2.75, 3.05) is 32.0 Å². The molecule has 2 heterocycles. The molecule has 1 aliphatic rings. The van der Waals surface area contributed by atoms with Gasteiger partial charge in [0, 0.05) is 13.1 Å². The Morgan fingerprint density at radius 2 is 2.11 bits per heavy atom. The average molecular weight is 388 g/mol. The van der Waals surface area contributed by atoms with Gasteiger partial charge in [0.1, 0.15) is 11.6 Å². The predicted octanol–water partition coefficient (Wildman–Crippen LogP) is 2.92. The van der Waals surface area contributed by atoms with E-state index in [2.05, 4.69) is 16.9 Å². The van der Waals surface area contributed by atoms with Gasteiger partial charge in [0.25, 0.3) is 0 Å². The number of nitrogens with one attached hydrogen (secondary N) is 1. The largest absolute Gasteiger partial charge is 0.493 e. The SMILES string of the molecule is CCCCOC(=O)N1CCC(CCOc2cccc3[nH]c(=O)nc(N)c23)CC1. The van der Waals surface area contributed by atoms with Crippen LogP contribution in [0.1, 0.15) is 39.0 Å². The summed E-state index contributed by atoms with van der Waals surface area (Å²) in [5, 5.41) is 0.631. The molecule has 1 aliphatic heterocycles. The molecule has 0 bridgehead atoms. The summed E-state index contributed by atoms with van der Waals surface area (Å²) in [5.74, 6) is 1.30. The van der Waals surface area contributed by atoms with Gasteiger partial charge in [-0.2, -0.15) is 4.98 Å². The number of hydrogen-bond donors (Lipinski definition) is 2. The fraction of sp³-hybridized carbons (Fsp3) is 0.550. The first-order chi connectivity index (χ1) is 13.6. The zero-order valence-corrected chi connectivity index (χ0v) is 16.3. The molecule has 1 fully saturated rings. The summed E-state index contributed by atoms with van der Waals surface area (Å²) in [5.41, 5.74) is 6.04. The summed E-state index contributed by atoms with van der Waals surface area (Å²) in [6.45, 7) is 4.56. The summed E-state index contributed by atoms with van der Waals surface area (Å²) < 4.78 is 11.2. The maximum Gasteiger partial charge on any atom is 0.409 e. The molecule has 3 N–H and O–H groups in total. The van der Waals surface area contributed by atoms with Crippen molar-refractivity contribution >= 4 is 22.8 Å². The number of amides is 1. The van der Waals surface area contributed by atoms with Gasteiger partial charge in [-0.05, 0) is 43.7 Å². The third-order valence-corrected chi connectivity index (χ3v) is 5.13. The van der Waals surface area contributed by atoms with Crippen LogP contribution in [0.2, 0.25) is 0 Å². The monoisotopic (exact) mass is 388 g/mol. The fourth-order valence-corrected chi connectivity index (χ4v) is 3.46. The van der Waals surface area contributed by atoms with Crippen LogP contribution in [0.3, 0.4) is 0 Å². The van der Waals surface area contributed by atoms with Crippen molar-refractivity contribution in [1.82, 2.24) is 14.9 Å². The Labute approximate surface area is 164 Å². The molecule has 0 aliphatic carbocycles. The summed E-state index contributed by atoms with van der Waals surface area (Å²) in [4.78, 5) is 31.7. The van der Waals surface area contributed by atoms with E-state index in [1.165, 1.54) is 0 Å². The van der Waals surface area contributed by atoms with Gasteiger partial charge in [0.05, 0.1) is 24.1 Å². The Kier molecular flexibility index (Phi) is 6.73. The molecule has 152 valence electrons. The number of rotatable bonds is 7. The number of aromatic nitrogens is 2. The molecule has 8 nitrogen and oxygen atoms in total. The second-order valence-corrected chi connectivity index (χ2v) is 7.14. The molecule has 1 saturated heterocycles. The van der Waals surface area contributed by atoms with E-state index < -0.39 is 5.69 Å². The Balaban J connectivity index is 1.47. The third kappa shape index (κ3) is 4.94. The van der Waals surface area contributed by atoms with Crippen molar-refractivity contribution in [1.29, 1.82) is 0 Å². The number of anilines is 1. The van der Waals surface area contributed by atoms with Gasteiger partial charge in [-0.3, -0.25) is 0 Å². The number of H-pyrrole nitrogens is 1. The van der Waals surface area contributed by atoms with Crippen LogP contribution < -0.4 is 16.2 Å². The lowest BCUT2D eigenvalue weighted by Gasteiger charge is -2.31. The average Bonchev–Trinajstić information content (AvgIpc) is 2.68. The Hall–Kier alpha value is -2.77. The molecule has 1 aromatic carbocycles. The van der Waals surface area contributed by atoms with E-state index in [9.17, 15) is 9.59 Å². The Morgan fingerprint density at radius 1 is 1.32 bits per heavy atom. The zero-order valence-electron chi connectivity index (χ0n) is 16.3. The molecule has 1 amide bonds. The number of aromatic amines is 1. The van der Waals surface area contributed by atoms with E-state index >= 15 is 0 Å². The van der Waals surface area contributed by atoms with Crippen LogP contribution in [0.4, 0.5) is 10.6 Å². The number of carbonyl (C=O) groups is 1. The van der Waals surface area contributed by atoms with E-state index in [1.807, 2.05) is 12.1 Å². The lowest BCUT2D eigenvalue weighted by atomic mass is 9.94. The van der Waals surface area contributed by atoms with Gasteiger partial charge in [-0.15, -0.1) is 0 Å². The minimum absolute atomic E-state index is 0.171. The number of likely N-dealkylation sites (tertiary alicyclic amines) is 1. The highest BCUT2D eigenvalue weighted by Gasteiger charge is 2.23. The van der Waals surface area contributed by atoms with E-state index in [0.29, 0.717) is 35.8 Å². The van der Waals surface area contributed by atoms with Gasteiger partial charge >= 0.3 is 11.8 Å². The molecular formula is C20H28N4O4. The number of ether oxygens (including phenoxy) is 2. The normalized spacial score (nSPS) is 15.0. The van der Waals surface area contributed by atoms with Crippen molar-refractivity contribution < 1.29 is 14.3 Å². The van der Waals surface area contributed by atoms with E-state index in [4.69, 9.17) is 15.2 Å². The fourth-order valence-electron chi connectivity index (χ4n) is 3.46. The number of hydrogen-bond acceptors (Lipinski definition) is 6. The van der Waals surface area contributed by atoms with Crippen LogP contribution in [-0.4, -0.2) is 47.3 Å². The van der Waals surface area contributed by atoms with Gasteiger partial charge in [-0.1, -0.05) is 19.4 Å². The van der Waals surface area contributed by atoms with Crippen molar-refractivity contribution in [3.05, 3.63) is 28.7 Å². The van der Waals surface area contributed by atoms with Crippen LogP contribution >= 0.6 is 0 Å². The molecule has 28 heavy (non-hydrogen) atoms. The zero-order chi connectivity index (χ0) is 19.9. The number of nitrogens with two attached hydrogens (primary N) is 1. The van der Waals surface area contributed by atoms with E-state index in [0.717, 1.165) is 45.2 Å². The number of nitrogen functional groups attached to an aromatic ring is 1. The second-order valence-electron chi connectivity index (χ2n) is 7.14. The first-order valence-electron chi connectivity index (χ1n) is 9.91. The van der Waals surface area contributed by atoms with Gasteiger partial charge in [0.15, 0.2) is 0 Å². The highest BCUT2D eigenvalue weighted by molar-refractivity contribution is 5.93. The molecule has 0 spiro atoms. The first kappa shape index (κ1) is 20.0. The Bertz CT molecular complexity index is 859. The summed E-state index contributed by atoms with van der Waals surface area (Å²) in [6.07, 6.45) is 4.50. The van der Waals surface area contributed by atoms with Crippen LogP contribution in [0, 0.1) is 5.92 Å². The smallest absolute Gasteiger partial charge is 0.409 e. The number of carbonyl (C=O) groups excluding carboxylic acids is 1. The quantitative estimate of drug-likeness (QED) is 0.706. The number of unbranched alkanes of at least 4 members (excludes halogenated alkanes) is 1. The van der Waals surface area contributed by atoms with Gasteiger partial charge < -0.3 is 25.1 Å². The standard InChI is InChI=1S/C20H28N4O4/c1-2-3-12-28-20(26)24-10-7-14(8-11-24)9-13-27-16-6-4-5-15-17(16)18(21)23-19(25)22-15/h4-6,14H,2-3,7-13H2,1H3,(H3,21,22,23,25). The van der Waals surface area contributed by atoms with Crippen LogP contribution in [0.15, 0.2) is 23.0 Å². The highest BCUT2D eigenvalue weighted by atomic mass is 16.6. The molecule has 8 heteroatoms. The van der Waals surface area contributed by atoms with Crippen molar-refractivity contribution in [2.24, 2.45) is 5.92 Å². The molecule has 1 aromatic heterocycles. The highest BCUT2D eigenvalue weighted by Crippen LogP contribution is 2.28. The first-order valence-corrected chi connectivity index (χ1v) is 9.91.